The summed E-state index contributed by atoms with van der Waals surface area (Å²) < 4.78 is 0. The summed E-state index contributed by atoms with van der Waals surface area (Å²) >= 11 is 1.58. The Bertz CT molecular complexity index is 508. The summed E-state index contributed by atoms with van der Waals surface area (Å²) in [6.07, 6.45) is 10.4. The van der Waals surface area contributed by atoms with Gasteiger partial charge in [0, 0.05) is 17.1 Å². The largest absolute Gasteiger partial charge is 0.303 e. The Morgan fingerprint density at radius 1 is 1.33 bits per heavy atom. The van der Waals surface area contributed by atoms with Crippen molar-refractivity contribution < 1.29 is 4.79 Å². The van der Waals surface area contributed by atoms with Crippen LogP contribution in [0, 0.1) is 5.92 Å². The molecule has 1 aromatic rings. The zero-order valence-corrected chi connectivity index (χ0v) is 16.4. The molecule has 2 atom stereocenters. The summed E-state index contributed by atoms with van der Waals surface area (Å²) in [5.41, 5.74) is 0. The van der Waals surface area contributed by atoms with Gasteiger partial charge in [0.05, 0.1) is 6.04 Å². The highest BCUT2D eigenvalue weighted by molar-refractivity contribution is 7.15. The van der Waals surface area contributed by atoms with Crippen LogP contribution < -0.4 is 10.6 Å². The third-order valence-electron chi connectivity index (χ3n) is 4.86. The molecular formula is C19H33N3OS. The molecule has 0 bridgehead atoms. The van der Waals surface area contributed by atoms with Crippen LogP contribution in [-0.2, 0) is 4.79 Å². The van der Waals surface area contributed by atoms with E-state index in [1.807, 2.05) is 6.20 Å². The summed E-state index contributed by atoms with van der Waals surface area (Å²) in [7, 11) is 0. The van der Waals surface area contributed by atoms with E-state index in [4.69, 9.17) is 0 Å². The Morgan fingerprint density at radius 3 is 2.62 bits per heavy atom. The molecule has 5 heteroatoms. The second-order valence-corrected chi connectivity index (χ2v) is 8.57. The minimum Gasteiger partial charge on any atom is -0.303 e. The van der Waals surface area contributed by atoms with E-state index in [1.54, 1.807) is 11.3 Å². The van der Waals surface area contributed by atoms with Crippen LogP contribution >= 0.6 is 11.3 Å². The van der Waals surface area contributed by atoms with Crippen LogP contribution in [0.15, 0.2) is 6.20 Å². The number of nitrogens with one attached hydrogen (secondary N) is 2. The summed E-state index contributed by atoms with van der Waals surface area (Å²) in [6.45, 7) is 8.63. The van der Waals surface area contributed by atoms with Gasteiger partial charge in [-0.2, -0.15) is 0 Å². The molecule has 24 heavy (non-hydrogen) atoms. The van der Waals surface area contributed by atoms with Gasteiger partial charge in [0.25, 0.3) is 0 Å². The molecule has 1 saturated carbocycles. The molecule has 0 radical (unpaired) electrons. The van der Waals surface area contributed by atoms with Gasteiger partial charge in [0.15, 0.2) is 5.13 Å². The first-order valence-electron chi connectivity index (χ1n) is 9.52. The second kappa shape index (κ2) is 9.52. The summed E-state index contributed by atoms with van der Waals surface area (Å²) in [5.74, 6) is 1.34. The number of rotatable bonds is 9. The van der Waals surface area contributed by atoms with Crippen molar-refractivity contribution in [2.75, 3.05) is 5.32 Å². The Hall–Kier alpha value is -0.940. The average Bonchev–Trinajstić information content (AvgIpc) is 3.18. The number of carbonyl (C=O) groups excluding carboxylic acids is 1. The lowest BCUT2D eigenvalue weighted by Gasteiger charge is -2.24. The Kier molecular flexibility index (Phi) is 7.69. The smallest absolute Gasteiger partial charge is 0.243 e. The van der Waals surface area contributed by atoms with Crippen LogP contribution in [-0.4, -0.2) is 23.0 Å². The van der Waals surface area contributed by atoms with Crippen LogP contribution in [0.4, 0.5) is 5.13 Å². The van der Waals surface area contributed by atoms with E-state index in [1.165, 1.54) is 37.0 Å². The molecule has 1 heterocycles. The van der Waals surface area contributed by atoms with E-state index in [-0.39, 0.29) is 11.9 Å². The minimum atomic E-state index is -0.127. The lowest BCUT2D eigenvalue weighted by Crippen LogP contribution is -2.45. The van der Waals surface area contributed by atoms with E-state index < -0.39 is 0 Å². The van der Waals surface area contributed by atoms with Crippen LogP contribution in [0.1, 0.15) is 83.4 Å². The van der Waals surface area contributed by atoms with Crippen LogP contribution in [0.25, 0.3) is 0 Å². The van der Waals surface area contributed by atoms with Crippen molar-refractivity contribution in [3.63, 3.8) is 0 Å². The highest BCUT2D eigenvalue weighted by Gasteiger charge is 2.23. The maximum Gasteiger partial charge on any atom is 0.243 e. The summed E-state index contributed by atoms with van der Waals surface area (Å²) in [6, 6.07) is 0.260. The number of thiazole rings is 1. The number of hydrogen-bond donors (Lipinski definition) is 2. The van der Waals surface area contributed by atoms with Gasteiger partial charge in [-0.3, -0.25) is 4.79 Å². The predicted octanol–water partition coefficient (Wildman–Crippen LogP) is 4.93. The fourth-order valence-corrected chi connectivity index (χ4v) is 4.36. The number of nitrogens with zero attached hydrogens (tertiary/aromatic N) is 1. The topological polar surface area (TPSA) is 54.0 Å². The molecule has 1 aliphatic rings. The maximum absolute atomic E-state index is 12.6. The summed E-state index contributed by atoms with van der Waals surface area (Å²) in [5, 5.41) is 7.28. The minimum absolute atomic E-state index is 0.0554. The first kappa shape index (κ1) is 19.4. The van der Waals surface area contributed by atoms with Gasteiger partial charge in [0.2, 0.25) is 5.91 Å². The SMILES string of the molecule is CCC[C@H](NC(C)CC1CCCC1)C(=O)Nc1ncc(C(C)C)s1. The van der Waals surface area contributed by atoms with Gasteiger partial charge in [0.1, 0.15) is 0 Å². The van der Waals surface area contributed by atoms with Crippen LogP contribution in [0.2, 0.25) is 0 Å². The van der Waals surface area contributed by atoms with E-state index in [2.05, 4.69) is 43.3 Å². The van der Waals surface area contributed by atoms with Crippen molar-refractivity contribution in [1.29, 1.82) is 0 Å². The molecule has 0 saturated heterocycles. The van der Waals surface area contributed by atoms with Crippen molar-refractivity contribution in [3.05, 3.63) is 11.1 Å². The van der Waals surface area contributed by atoms with Gasteiger partial charge >= 0.3 is 0 Å². The molecule has 0 aromatic carbocycles. The van der Waals surface area contributed by atoms with Gasteiger partial charge in [-0.1, -0.05) is 52.9 Å². The fraction of sp³-hybridized carbons (Fsp3) is 0.789. The molecule has 0 aliphatic heterocycles. The number of amides is 1. The standard InChI is InChI=1S/C19H33N3OS/c1-5-8-16(21-14(4)11-15-9-6-7-10-15)18(23)22-19-20-12-17(24-19)13(2)3/h12-16,21H,5-11H2,1-4H3,(H,20,22,23)/t14?,16-/m0/s1. The predicted molar refractivity (Wildman–Crippen MR) is 103 cm³/mol. The highest BCUT2D eigenvalue weighted by Crippen LogP contribution is 2.29. The van der Waals surface area contributed by atoms with E-state index in [0.29, 0.717) is 12.0 Å². The number of hydrogen-bond acceptors (Lipinski definition) is 4. The molecule has 4 nitrogen and oxygen atoms in total. The molecular weight excluding hydrogens is 318 g/mol. The zero-order chi connectivity index (χ0) is 17.5. The second-order valence-electron chi connectivity index (χ2n) is 7.51. The van der Waals surface area contributed by atoms with Gasteiger partial charge in [-0.15, -0.1) is 11.3 Å². The van der Waals surface area contributed by atoms with Crippen molar-refractivity contribution in [1.82, 2.24) is 10.3 Å². The third-order valence-corrected chi connectivity index (χ3v) is 6.08. The molecule has 2 rings (SSSR count). The van der Waals surface area contributed by atoms with Crippen LogP contribution in [0.3, 0.4) is 0 Å². The summed E-state index contributed by atoms with van der Waals surface area (Å²) in [4.78, 5) is 18.2. The quantitative estimate of drug-likeness (QED) is 0.663. The van der Waals surface area contributed by atoms with Gasteiger partial charge in [-0.25, -0.2) is 4.98 Å². The monoisotopic (exact) mass is 351 g/mol. The lowest BCUT2D eigenvalue weighted by molar-refractivity contribution is -0.118. The Labute approximate surface area is 150 Å². The number of anilines is 1. The van der Waals surface area contributed by atoms with Crippen molar-refractivity contribution in [2.24, 2.45) is 5.92 Å². The molecule has 2 N–H and O–H groups in total. The van der Waals surface area contributed by atoms with E-state index in [9.17, 15) is 4.79 Å². The number of carbonyl (C=O) groups is 1. The first-order chi connectivity index (χ1) is 11.5. The first-order valence-corrected chi connectivity index (χ1v) is 10.3. The molecule has 1 amide bonds. The zero-order valence-electron chi connectivity index (χ0n) is 15.6. The van der Waals surface area contributed by atoms with Crippen molar-refractivity contribution in [3.8, 4) is 0 Å². The van der Waals surface area contributed by atoms with Gasteiger partial charge in [-0.05, 0) is 31.6 Å². The van der Waals surface area contributed by atoms with Gasteiger partial charge < -0.3 is 10.6 Å². The fourth-order valence-electron chi connectivity index (χ4n) is 3.54. The maximum atomic E-state index is 12.6. The van der Waals surface area contributed by atoms with Crippen LogP contribution in [0.5, 0.6) is 0 Å². The Balaban J connectivity index is 1.88. The third kappa shape index (κ3) is 5.85. The molecule has 0 spiro atoms. The van der Waals surface area contributed by atoms with E-state index in [0.717, 1.165) is 23.9 Å². The molecule has 1 fully saturated rings. The van der Waals surface area contributed by atoms with Crippen molar-refractivity contribution in [2.45, 2.75) is 90.6 Å². The lowest BCUT2D eigenvalue weighted by atomic mass is 9.98. The molecule has 1 unspecified atom stereocenters. The molecule has 1 aromatic heterocycles. The molecule has 136 valence electrons. The highest BCUT2D eigenvalue weighted by atomic mass is 32.1. The number of aromatic nitrogens is 1. The Morgan fingerprint density at radius 2 is 2.04 bits per heavy atom. The normalized spacial score (nSPS) is 18.0. The average molecular weight is 352 g/mol. The van der Waals surface area contributed by atoms with Crippen molar-refractivity contribution >= 4 is 22.4 Å². The molecule has 1 aliphatic carbocycles. The van der Waals surface area contributed by atoms with E-state index >= 15 is 0 Å².